The molecule has 6 nitrogen and oxygen atoms in total. The summed E-state index contributed by atoms with van der Waals surface area (Å²) in [6.45, 7) is 8.01. The van der Waals surface area contributed by atoms with Crippen molar-refractivity contribution in [1.82, 2.24) is 5.32 Å². The first-order valence-corrected chi connectivity index (χ1v) is 7.19. The molecule has 0 radical (unpaired) electrons. The predicted octanol–water partition coefficient (Wildman–Crippen LogP) is 2.27. The Morgan fingerprint density at radius 2 is 1.74 bits per heavy atom. The molecule has 126 valence electrons. The summed E-state index contributed by atoms with van der Waals surface area (Å²) >= 11 is 0. The van der Waals surface area contributed by atoms with Crippen molar-refractivity contribution in [2.24, 2.45) is 5.41 Å². The molecule has 0 spiro atoms. The third-order valence-corrected chi connectivity index (χ3v) is 2.97. The molecule has 0 saturated carbocycles. The van der Waals surface area contributed by atoms with Gasteiger partial charge in [0.15, 0.2) is 0 Å². The number of anilines is 2. The zero-order valence-electron chi connectivity index (χ0n) is 13.9. The van der Waals surface area contributed by atoms with Gasteiger partial charge in [-0.25, -0.2) is 4.39 Å². The van der Waals surface area contributed by atoms with Gasteiger partial charge in [-0.3, -0.25) is 14.4 Å². The Labute approximate surface area is 134 Å². The molecule has 3 amide bonds. The molecular formula is C16H22FN3O3. The van der Waals surface area contributed by atoms with E-state index in [1.54, 1.807) is 20.8 Å². The fourth-order valence-corrected chi connectivity index (χ4v) is 1.62. The minimum Gasteiger partial charge on any atom is -0.344 e. The van der Waals surface area contributed by atoms with Crippen LogP contribution in [0.25, 0.3) is 0 Å². The van der Waals surface area contributed by atoms with Gasteiger partial charge in [0.1, 0.15) is 11.9 Å². The second-order valence-electron chi connectivity index (χ2n) is 6.31. The maximum atomic E-state index is 13.8. The van der Waals surface area contributed by atoms with E-state index in [9.17, 15) is 18.8 Å². The SMILES string of the molecule is CC(=O)Nc1ccc(F)c(NC(=O)C(C)NC(=O)C(C)(C)C)c1. The van der Waals surface area contributed by atoms with Crippen LogP contribution in [0, 0.1) is 11.2 Å². The van der Waals surface area contributed by atoms with Crippen molar-refractivity contribution in [3.8, 4) is 0 Å². The molecule has 1 atom stereocenters. The smallest absolute Gasteiger partial charge is 0.246 e. The van der Waals surface area contributed by atoms with Crippen molar-refractivity contribution in [3.05, 3.63) is 24.0 Å². The molecule has 0 aromatic heterocycles. The summed E-state index contributed by atoms with van der Waals surface area (Å²) in [6, 6.07) is 3.01. The Balaban J connectivity index is 2.80. The average molecular weight is 323 g/mol. The van der Waals surface area contributed by atoms with Crippen molar-refractivity contribution < 1.29 is 18.8 Å². The lowest BCUT2D eigenvalue weighted by Gasteiger charge is -2.21. The predicted molar refractivity (Wildman–Crippen MR) is 86.4 cm³/mol. The third-order valence-electron chi connectivity index (χ3n) is 2.97. The molecule has 23 heavy (non-hydrogen) atoms. The number of amides is 3. The number of benzene rings is 1. The summed E-state index contributed by atoms with van der Waals surface area (Å²) in [4.78, 5) is 35.0. The summed E-state index contributed by atoms with van der Waals surface area (Å²) in [5.41, 5.74) is -0.343. The van der Waals surface area contributed by atoms with Gasteiger partial charge in [-0.1, -0.05) is 20.8 Å². The standard InChI is InChI=1S/C16H22FN3O3/c1-9(18-15(23)16(3,4)5)14(22)20-13-8-11(19-10(2)21)6-7-12(13)17/h6-9H,1-5H3,(H,18,23)(H,19,21)(H,20,22). The first kappa shape index (κ1) is 18.6. The van der Waals surface area contributed by atoms with E-state index in [0.717, 1.165) is 6.07 Å². The first-order chi connectivity index (χ1) is 10.5. The van der Waals surface area contributed by atoms with Crippen molar-refractivity contribution in [2.75, 3.05) is 10.6 Å². The van der Waals surface area contributed by atoms with Gasteiger partial charge in [0.2, 0.25) is 17.7 Å². The van der Waals surface area contributed by atoms with Crippen LogP contribution >= 0.6 is 0 Å². The molecule has 0 fully saturated rings. The van der Waals surface area contributed by atoms with Gasteiger partial charge >= 0.3 is 0 Å². The van der Waals surface area contributed by atoms with Crippen LogP contribution in [0.15, 0.2) is 18.2 Å². The quantitative estimate of drug-likeness (QED) is 0.794. The fourth-order valence-electron chi connectivity index (χ4n) is 1.62. The molecule has 1 aromatic carbocycles. The lowest BCUT2D eigenvalue weighted by Crippen LogP contribution is -2.46. The van der Waals surface area contributed by atoms with Crippen molar-refractivity contribution in [1.29, 1.82) is 0 Å². The summed E-state index contributed by atoms with van der Waals surface area (Å²) in [5, 5.41) is 7.46. The number of carbonyl (C=O) groups excluding carboxylic acids is 3. The monoisotopic (exact) mass is 323 g/mol. The lowest BCUT2D eigenvalue weighted by molar-refractivity contribution is -0.131. The highest BCUT2D eigenvalue weighted by atomic mass is 19.1. The van der Waals surface area contributed by atoms with Crippen LogP contribution in [-0.2, 0) is 14.4 Å². The van der Waals surface area contributed by atoms with Gasteiger partial charge < -0.3 is 16.0 Å². The Morgan fingerprint density at radius 1 is 1.13 bits per heavy atom. The van der Waals surface area contributed by atoms with E-state index >= 15 is 0 Å². The highest BCUT2D eigenvalue weighted by Gasteiger charge is 2.25. The Hall–Kier alpha value is -2.44. The zero-order valence-corrected chi connectivity index (χ0v) is 13.9. The molecule has 0 aliphatic carbocycles. The molecule has 1 aromatic rings. The molecule has 1 unspecified atom stereocenters. The van der Waals surface area contributed by atoms with Crippen LogP contribution in [0.2, 0.25) is 0 Å². The molecule has 1 rings (SSSR count). The number of rotatable bonds is 4. The second kappa shape index (κ2) is 7.21. The average Bonchev–Trinajstić information content (AvgIpc) is 2.40. The normalized spacial score (nSPS) is 12.3. The number of halogens is 1. The van der Waals surface area contributed by atoms with E-state index in [1.165, 1.54) is 26.0 Å². The second-order valence-corrected chi connectivity index (χ2v) is 6.31. The van der Waals surface area contributed by atoms with Gasteiger partial charge in [0.05, 0.1) is 5.69 Å². The van der Waals surface area contributed by atoms with Crippen LogP contribution in [0.1, 0.15) is 34.6 Å². The Bertz CT molecular complexity index is 623. The van der Waals surface area contributed by atoms with E-state index in [-0.39, 0.29) is 17.5 Å². The zero-order chi connectivity index (χ0) is 17.8. The van der Waals surface area contributed by atoms with Gasteiger partial charge in [-0.15, -0.1) is 0 Å². The summed E-state index contributed by atoms with van der Waals surface area (Å²) in [6.07, 6.45) is 0. The van der Waals surface area contributed by atoms with Crippen molar-refractivity contribution in [2.45, 2.75) is 40.7 Å². The van der Waals surface area contributed by atoms with Gasteiger partial charge in [0.25, 0.3) is 0 Å². The summed E-state index contributed by atoms with van der Waals surface area (Å²) in [5.74, 6) is -1.78. The lowest BCUT2D eigenvalue weighted by atomic mass is 9.95. The van der Waals surface area contributed by atoms with Crippen LogP contribution in [0.3, 0.4) is 0 Å². The van der Waals surface area contributed by atoms with E-state index in [4.69, 9.17) is 0 Å². The number of hydrogen-bond donors (Lipinski definition) is 3. The minimum absolute atomic E-state index is 0.0712. The van der Waals surface area contributed by atoms with E-state index in [0.29, 0.717) is 5.69 Å². The first-order valence-electron chi connectivity index (χ1n) is 7.19. The number of hydrogen-bond acceptors (Lipinski definition) is 3. The molecule has 0 aliphatic heterocycles. The van der Waals surface area contributed by atoms with E-state index in [2.05, 4.69) is 16.0 Å². The number of carbonyl (C=O) groups is 3. The molecule has 0 bridgehead atoms. The molecule has 7 heteroatoms. The number of nitrogens with one attached hydrogen (secondary N) is 3. The van der Waals surface area contributed by atoms with Crippen molar-refractivity contribution >= 4 is 29.1 Å². The van der Waals surface area contributed by atoms with Gasteiger partial charge in [0, 0.05) is 18.0 Å². The highest BCUT2D eigenvalue weighted by molar-refractivity contribution is 5.98. The largest absolute Gasteiger partial charge is 0.344 e. The van der Waals surface area contributed by atoms with Crippen LogP contribution in [0.4, 0.5) is 15.8 Å². The highest BCUT2D eigenvalue weighted by Crippen LogP contribution is 2.20. The molecule has 0 saturated heterocycles. The van der Waals surface area contributed by atoms with Crippen LogP contribution < -0.4 is 16.0 Å². The van der Waals surface area contributed by atoms with E-state index < -0.39 is 23.2 Å². The Kier molecular flexibility index (Phi) is 5.84. The molecule has 0 aliphatic rings. The molecule has 3 N–H and O–H groups in total. The van der Waals surface area contributed by atoms with Gasteiger partial charge in [-0.2, -0.15) is 0 Å². The maximum absolute atomic E-state index is 13.8. The molecule has 0 heterocycles. The Morgan fingerprint density at radius 3 is 2.26 bits per heavy atom. The van der Waals surface area contributed by atoms with Crippen molar-refractivity contribution in [3.63, 3.8) is 0 Å². The van der Waals surface area contributed by atoms with Gasteiger partial charge in [-0.05, 0) is 25.1 Å². The molecular weight excluding hydrogens is 301 g/mol. The fraction of sp³-hybridized carbons (Fsp3) is 0.438. The topological polar surface area (TPSA) is 87.3 Å². The third kappa shape index (κ3) is 5.69. The van der Waals surface area contributed by atoms with E-state index in [1.807, 2.05) is 0 Å². The maximum Gasteiger partial charge on any atom is 0.246 e. The minimum atomic E-state index is -0.828. The van der Waals surface area contributed by atoms with Crippen LogP contribution in [-0.4, -0.2) is 23.8 Å². The summed E-state index contributed by atoms with van der Waals surface area (Å²) < 4.78 is 13.8. The van der Waals surface area contributed by atoms with Crippen LogP contribution in [0.5, 0.6) is 0 Å². The summed E-state index contributed by atoms with van der Waals surface area (Å²) in [7, 11) is 0.